The van der Waals surface area contributed by atoms with Crippen molar-refractivity contribution in [1.82, 2.24) is 19.5 Å². The Morgan fingerprint density at radius 1 is 1.40 bits per heavy atom. The molecule has 0 radical (unpaired) electrons. The molecule has 0 bridgehead atoms. The van der Waals surface area contributed by atoms with Crippen LogP contribution in [0.25, 0.3) is 5.52 Å². The number of aryl methyl sites for hydroxylation is 1. The normalized spacial score (nSPS) is 14.9. The van der Waals surface area contributed by atoms with Crippen LogP contribution in [0.2, 0.25) is 0 Å². The number of hydrogen-bond donors (Lipinski definition) is 1. The summed E-state index contributed by atoms with van der Waals surface area (Å²) in [7, 11) is 0. The van der Waals surface area contributed by atoms with Gasteiger partial charge in [-0.05, 0) is 25.8 Å². The maximum Gasteiger partial charge on any atom is 0.224 e. The summed E-state index contributed by atoms with van der Waals surface area (Å²) in [6.07, 6.45) is 6.31. The average molecular weight is 273 g/mol. The summed E-state index contributed by atoms with van der Waals surface area (Å²) in [4.78, 5) is 18.2. The number of rotatable bonds is 4. The van der Waals surface area contributed by atoms with Gasteiger partial charge in [0, 0.05) is 38.4 Å². The minimum Gasteiger partial charge on any atom is -0.368 e. The summed E-state index contributed by atoms with van der Waals surface area (Å²) < 4.78 is 1.80. The van der Waals surface area contributed by atoms with E-state index in [0.717, 1.165) is 43.0 Å². The third-order valence-electron chi connectivity index (χ3n) is 3.60. The van der Waals surface area contributed by atoms with Crippen LogP contribution in [-0.4, -0.2) is 45.0 Å². The van der Waals surface area contributed by atoms with E-state index in [4.69, 9.17) is 0 Å². The van der Waals surface area contributed by atoms with Gasteiger partial charge in [-0.2, -0.15) is 5.10 Å². The zero-order chi connectivity index (χ0) is 13.9. The number of aromatic nitrogens is 3. The predicted octanol–water partition coefficient (Wildman–Crippen LogP) is 1.46. The maximum absolute atomic E-state index is 12.0. The number of amides is 1. The summed E-state index contributed by atoms with van der Waals surface area (Å²) in [6.45, 7) is 4.38. The zero-order valence-electron chi connectivity index (χ0n) is 11.7. The Morgan fingerprint density at radius 3 is 3.00 bits per heavy atom. The van der Waals surface area contributed by atoms with Crippen molar-refractivity contribution in [3.05, 3.63) is 24.2 Å². The van der Waals surface area contributed by atoms with E-state index in [0.29, 0.717) is 13.0 Å². The van der Waals surface area contributed by atoms with Crippen molar-refractivity contribution in [3.63, 3.8) is 0 Å². The Labute approximate surface area is 117 Å². The number of nitrogens with zero attached hydrogens (tertiary/aromatic N) is 4. The molecule has 2 aromatic rings. The lowest BCUT2D eigenvalue weighted by Crippen LogP contribution is -2.29. The van der Waals surface area contributed by atoms with Crippen LogP contribution in [0, 0.1) is 6.92 Å². The van der Waals surface area contributed by atoms with E-state index in [2.05, 4.69) is 15.4 Å². The van der Waals surface area contributed by atoms with Gasteiger partial charge in [-0.25, -0.2) is 9.50 Å². The molecule has 1 fully saturated rings. The molecule has 2 aromatic heterocycles. The molecule has 1 N–H and O–H groups in total. The molecule has 1 amide bonds. The summed E-state index contributed by atoms with van der Waals surface area (Å²) in [5, 5.41) is 7.58. The van der Waals surface area contributed by atoms with Gasteiger partial charge in [0.05, 0.1) is 5.69 Å². The molecule has 0 saturated carbocycles. The van der Waals surface area contributed by atoms with Gasteiger partial charge in [0.2, 0.25) is 5.91 Å². The van der Waals surface area contributed by atoms with Crippen LogP contribution >= 0.6 is 0 Å². The highest BCUT2D eigenvalue weighted by Crippen LogP contribution is 2.15. The minimum atomic E-state index is 0.228. The average Bonchev–Trinajstić information content (AvgIpc) is 3.06. The number of carbonyl (C=O) groups is 1. The van der Waals surface area contributed by atoms with Crippen LogP contribution in [0.3, 0.4) is 0 Å². The van der Waals surface area contributed by atoms with Crippen molar-refractivity contribution in [2.45, 2.75) is 26.2 Å². The number of nitrogens with one attached hydrogen (secondary N) is 1. The molecule has 20 heavy (non-hydrogen) atoms. The van der Waals surface area contributed by atoms with Gasteiger partial charge in [0.25, 0.3) is 0 Å². The first-order valence-corrected chi connectivity index (χ1v) is 7.07. The molecule has 0 spiro atoms. The first-order valence-electron chi connectivity index (χ1n) is 7.07. The first kappa shape index (κ1) is 12.9. The van der Waals surface area contributed by atoms with Gasteiger partial charge in [-0.3, -0.25) is 4.79 Å². The van der Waals surface area contributed by atoms with E-state index >= 15 is 0 Å². The van der Waals surface area contributed by atoms with Gasteiger partial charge in [0.1, 0.15) is 5.52 Å². The highest BCUT2D eigenvalue weighted by molar-refractivity contribution is 5.77. The summed E-state index contributed by atoms with van der Waals surface area (Å²) >= 11 is 0. The summed E-state index contributed by atoms with van der Waals surface area (Å²) in [5.74, 6) is 1.01. The van der Waals surface area contributed by atoms with Gasteiger partial charge in [-0.15, -0.1) is 0 Å². The Hall–Kier alpha value is -2.11. The van der Waals surface area contributed by atoms with Crippen LogP contribution in [0.4, 0.5) is 5.82 Å². The highest BCUT2D eigenvalue weighted by atomic mass is 16.2. The van der Waals surface area contributed by atoms with Crippen molar-refractivity contribution in [1.29, 1.82) is 0 Å². The molecule has 1 aliphatic rings. The number of anilines is 1. The van der Waals surface area contributed by atoms with Crippen LogP contribution in [-0.2, 0) is 4.79 Å². The topological polar surface area (TPSA) is 62.5 Å². The minimum absolute atomic E-state index is 0.228. The van der Waals surface area contributed by atoms with Crippen molar-refractivity contribution < 1.29 is 4.79 Å². The standard InChI is InChI=1S/C14H19N5O/c1-11-10-12-14(16-6-9-19(12)17-11)15-5-4-13(20)18-7-2-3-8-18/h6,9-10H,2-5,7-8H2,1H3,(H,15,16). The number of carbonyl (C=O) groups excluding carboxylic acids is 1. The number of hydrogen-bond acceptors (Lipinski definition) is 4. The third-order valence-corrected chi connectivity index (χ3v) is 3.60. The summed E-state index contributed by atoms with van der Waals surface area (Å²) in [5.41, 5.74) is 1.90. The van der Waals surface area contributed by atoms with Crippen LogP contribution in [0.1, 0.15) is 25.0 Å². The van der Waals surface area contributed by atoms with E-state index in [1.807, 2.05) is 24.1 Å². The molecule has 1 aliphatic heterocycles. The second kappa shape index (κ2) is 5.48. The molecule has 0 atom stereocenters. The molecule has 3 rings (SSSR count). The van der Waals surface area contributed by atoms with Crippen molar-refractivity contribution in [3.8, 4) is 0 Å². The molecule has 6 heteroatoms. The SMILES string of the molecule is Cc1cc2c(NCCC(=O)N3CCCC3)nccn2n1. The Balaban J connectivity index is 1.61. The summed E-state index contributed by atoms with van der Waals surface area (Å²) in [6, 6.07) is 1.98. The van der Waals surface area contributed by atoms with Gasteiger partial charge >= 0.3 is 0 Å². The van der Waals surface area contributed by atoms with Gasteiger partial charge in [-0.1, -0.05) is 0 Å². The first-order chi connectivity index (χ1) is 9.74. The highest BCUT2D eigenvalue weighted by Gasteiger charge is 2.17. The molecule has 3 heterocycles. The molecule has 0 unspecified atom stereocenters. The molecule has 106 valence electrons. The smallest absolute Gasteiger partial charge is 0.224 e. The Kier molecular flexibility index (Phi) is 3.54. The molecule has 6 nitrogen and oxygen atoms in total. The fourth-order valence-electron chi connectivity index (χ4n) is 2.59. The Morgan fingerprint density at radius 2 is 2.20 bits per heavy atom. The van der Waals surface area contributed by atoms with Crippen LogP contribution in [0.5, 0.6) is 0 Å². The lowest BCUT2D eigenvalue weighted by atomic mass is 10.3. The van der Waals surface area contributed by atoms with E-state index in [9.17, 15) is 4.79 Å². The maximum atomic E-state index is 12.0. The molecule has 0 aliphatic carbocycles. The predicted molar refractivity (Wildman–Crippen MR) is 76.6 cm³/mol. The van der Waals surface area contributed by atoms with E-state index in [1.165, 1.54) is 0 Å². The lowest BCUT2D eigenvalue weighted by Gasteiger charge is -2.15. The Bertz CT molecular complexity index is 615. The van der Waals surface area contributed by atoms with Gasteiger partial charge < -0.3 is 10.2 Å². The van der Waals surface area contributed by atoms with Crippen molar-refractivity contribution in [2.75, 3.05) is 25.0 Å². The molecule has 0 aromatic carbocycles. The van der Waals surface area contributed by atoms with Crippen molar-refractivity contribution in [2.24, 2.45) is 0 Å². The van der Waals surface area contributed by atoms with E-state index in [-0.39, 0.29) is 5.91 Å². The zero-order valence-corrected chi connectivity index (χ0v) is 11.7. The molecule has 1 saturated heterocycles. The van der Waals surface area contributed by atoms with Crippen molar-refractivity contribution >= 4 is 17.2 Å². The number of fused-ring (bicyclic) bond motifs is 1. The molecular weight excluding hydrogens is 254 g/mol. The molecular formula is C14H19N5O. The largest absolute Gasteiger partial charge is 0.368 e. The van der Waals surface area contributed by atoms with Gasteiger partial charge in [0.15, 0.2) is 5.82 Å². The second-order valence-electron chi connectivity index (χ2n) is 5.16. The fourth-order valence-corrected chi connectivity index (χ4v) is 2.59. The van der Waals surface area contributed by atoms with Crippen LogP contribution in [0.15, 0.2) is 18.5 Å². The van der Waals surface area contributed by atoms with Crippen LogP contribution < -0.4 is 5.32 Å². The number of likely N-dealkylation sites (tertiary alicyclic amines) is 1. The quantitative estimate of drug-likeness (QED) is 0.916. The monoisotopic (exact) mass is 273 g/mol. The fraction of sp³-hybridized carbons (Fsp3) is 0.500. The van der Waals surface area contributed by atoms with E-state index in [1.54, 1.807) is 10.7 Å². The third kappa shape index (κ3) is 2.59. The second-order valence-corrected chi connectivity index (χ2v) is 5.16. The lowest BCUT2D eigenvalue weighted by molar-refractivity contribution is -0.129. The van der Waals surface area contributed by atoms with E-state index < -0.39 is 0 Å².